The highest BCUT2D eigenvalue weighted by molar-refractivity contribution is 7.99. The zero-order valence-corrected chi connectivity index (χ0v) is 9.81. The van der Waals surface area contributed by atoms with Gasteiger partial charge in [-0.25, -0.2) is 4.79 Å². The Kier molecular flexibility index (Phi) is 4.28. The smallest absolute Gasteiger partial charge is 0.331 e. The van der Waals surface area contributed by atoms with Crippen molar-refractivity contribution in [1.29, 1.82) is 0 Å². The third-order valence-corrected chi connectivity index (χ3v) is 3.94. The number of rotatable bonds is 3. The zero-order valence-electron chi connectivity index (χ0n) is 8.99. The lowest BCUT2D eigenvalue weighted by Crippen LogP contribution is -2.38. The molecule has 0 aromatic rings. The van der Waals surface area contributed by atoms with Crippen molar-refractivity contribution in [2.24, 2.45) is 0 Å². The number of carbonyl (C=O) groups excluding carboxylic acids is 1. The Balaban J connectivity index is 2.61. The number of hydrogen-bond acceptors (Lipinski definition) is 3. The molecule has 0 heterocycles. The minimum Gasteiger partial charge on any atom is -0.443 e. The number of terminal acetylenes is 1. The lowest BCUT2D eigenvalue weighted by Gasteiger charge is -2.34. The van der Waals surface area contributed by atoms with Crippen molar-refractivity contribution >= 4 is 17.7 Å². The van der Waals surface area contributed by atoms with Crippen LogP contribution in [-0.2, 0) is 9.53 Å². The monoisotopic (exact) mass is 224 g/mol. The molecule has 1 rings (SSSR count). The van der Waals surface area contributed by atoms with Gasteiger partial charge in [-0.2, -0.15) is 11.8 Å². The zero-order chi connectivity index (χ0) is 11.3. The van der Waals surface area contributed by atoms with Crippen LogP contribution in [0.5, 0.6) is 0 Å². The number of thioether (sulfide) groups is 1. The van der Waals surface area contributed by atoms with Crippen molar-refractivity contribution in [1.82, 2.24) is 0 Å². The summed E-state index contributed by atoms with van der Waals surface area (Å²) in [5, 5.41) is 0.647. The van der Waals surface area contributed by atoms with E-state index in [1.54, 1.807) is 0 Å². The van der Waals surface area contributed by atoms with Crippen LogP contribution in [0.15, 0.2) is 12.7 Å². The molecule has 0 atom stereocenters. The van der Waals surface area contributed by atoms with E-state index >= 15 is 0 Å². The van der Waals surface area contributed by atoms with Crippen LogP contribution in [0.2, 0.25) is 0 Å². The molecule has 1 aliphatic carbocycles. The quantitative estimate of drug-likeness (QED) is 0.418. The SMILES string of the molecule is C#CC1(OC(=O)C=C)CCC(SC)CC1. The van der Waals surface area contributed by atoms with Crippen LogP contribution in [0.3, 0.4) is 0 Å². The first-order valence-corrected chi connectivity index (χ1v) is 6.30. The maximum absolute atomic E-state index is 11.2. The Bertz CT molecular complexity index is 282. The van der Waals surface area contributed by atoms with Gasteiger partial charge >= 0.3 is 5.97 Å². The van der Waals surface area contributed by atoms with Crippen molar-refractivity contribution in [2.45, 2.75) is 36.5 Å². The highest BCUT2D eigenvalue weighted by Gasteiger charge is 2.36. The van der Waals surface area contributed by atoms with Gasteiger partial charge in [-0.05, 0) is 31.9 Å². The van der Waals surface area contributed by atoms with E-state index in [2.05, 4.69) is 18.8 Å². The molecule has 0 N–H and O–H groups in total. The van der Waals surface area contributed by atoms with E-state index in [4.69, 9.17) is 11.2 Å². The molecule has 0 spiro atoms. The van der Waals surface area contributed by atoms with Crippen molar-refractivity contribution in [3.63, 3.8) is 0 Å². The molecule has 0 aromatic heterocycles. The Morgan fingerprint density at radius 1 is 1.67 bits per heavy atom. The van der Waals surface area contributed by atoms with E-state index < -0.39 is 11.6 Å². The molecule has 82 valence electrons. The lowest BCUT2D eigenvalue weighted by molar-refractivity contribution is -0.150. The molecule has 0 aliphatic heterocycles. The molecule has 0 amide bonds. The summed E-state index contributed by atoms with van der Waals surface area (Å²) in [6.45, 7) is 3.38. The molecule has 15 heavy (non-hydrogen) atoms. The van der Waals surface area contributed by atoms with Gasteiger partial charge in [0.15, 0.2) is 5.60 Å². The first-order chi connectivity index (χ1) is 7.15. The second-order valence-corrected chi connectivity index (χ2v) is 4.84. The normalized spacial score (nSPS) is 30.3. The summed E-state index contributed by atoms with van der Waals surface area (Å²) >= 11 is 1.85. The van der Waals surface area contributed by atoms with E-state index in [0.717, 1.165) is 25.7 Å². The summed E-state index contributed by atoms with van der Waals surface area (Å²) in [6.07, 6.45) is 12.3. The van der Waals surface area contributed by atoms with Crippen molar-refractivity contribution in [3.05, 3.63) is 12.7 Å². The highest BCUT2D eigenvalue weighted by atomic mass is 32.2. The first-order valence-electron chi connectivity index (χ1n) is 5.02. The second kappa shape index (κ2) is 5.27. The number of carbonyl (C=O) groups is 1. The molecule has 1 aliphatic rings. The number of esters is 1. The van der Waals surface area contributed by atoms with Crippen LogP contribution >= 0.6 is 11.8 Å². The van der Waals surface area contributed by atoms with Gasteiger partial charge in [0.05, 0.1) is 0 Å². The molecule has 1 saturated carbocycles. The van der Waals surface area contributed by atoms with Crippen LogP contribution in [0.25, 0.3) is 0 Å². The van der Waals surface area contributed by atoms with E-state index in [1.165, 1.54) is 6.08 Å². The van der Waals surface area contributed by atoms with Crippen molar-refractivity contribution in [2.75, 3.05) is 6.26 Å². The Morgan fingerprint density at radius 2 is 2.27 bits per heavy atom. The summed E-state index contributed by atoms with van der Waals surface area (Å²) < 4.78 is 5.27. The third-order valence-electron chi connectivity index (χ3n) is 2.80. The minimum absolute atomic E-state index is 0.421. The van der Waals surface area contributed by atoms with Gasteiger partial charge < -0.3 is 4.74 Å². The molecule has 0 aromatic carbocycles. The fourth-order valence-electron chi connectivity index (χ4n) is 1.80. The van der Waals surface area contributed by atoms with Crippen molar-refractivity contribution in [3.8, 4) is 12.3 Å². The summed E-state index contributed by atoms with van der Waals surface area (Å²) in [4.78, 5) is 11.2. The minimum atomic E-state index is -0.683. The maximum atomic E-state index is 11.2. The summed E-state index contributed by atoms with van der Waals surface area (Å²) in [5.41, 5.74) is -0.683. The van der Waals surface area contributed by atoms with Crippen LogP contribution in [0.4, 0.5) is 0 Å². The first kappa shape index (κ1) is 12.2. The molecular formula is C12H16O2S. The molecule has 3 heteroatoms. The molecule has 2 nitrogen and oxygen atoms in total. The van der Waals surface area contributed by atoms with Gasteiger partial charge in [-0.1, -0.05) is 12.5 Å². The van der Waals surface area contributed by atoms with Crippen LogP contribution in [-0.4, -0.2) is 23.1 Å². The van der Waals surface area contributed by atoms with Gasteiger partial charge in [-0.3, -0.25) is 0 Å². The van der Waals surface area contributed by atoms with Gasteiger partial charge in [0, 0.05) is 11.3 Å². The van der Waals surface area contributed by atoms with Gasteiger partial charge in [0.2, 0.25) is 0 Å². The largest absolute Gasteiger partial charge is 0.443 e. The van der Waals surface area contributed by atoms with E-state index in [0.29, 0.717) is 5.25 Å². The highest BCUT2D eigenvalue weighted by Crippen LogP contribution is 2.35. The summed E-state index contributed by atoms with van der Waals surface area (Å²) in [6, 6.07) is 0. The molecule has 0 radical (unpaired) electrons. The Morgan fingerprint density at radius 3 is 2.67 bits per heavy atom. The van der Waals surface area contributed by atoms with Crippen LogP contribution < -0.4 is 0 Å². The average molecular weight is 224 g/mol. The van der Waals surface area contributed by atoms with Crippen LogP contribution in [0.1, 0.15) is 25.7 Å². The second-order valence-electron chi connectivity index (χ2n) is 3.70. The standard InChI is InChI=1S/C12H16O2S/c1-4-11(13)14-12(5-2)8-6-10(15-3)7-9-12/h2,4,10H,1,6-9H2,3H3. The molecule has 1 fully saturated rings. The predicted molar refractivity (Wildman–Crippen MR) is 63.6 cm³/mol. The van der Waals surface area contributed by atoms with Crippen molar-refractivity contribution < 1.29 is 9.53 Å². The molecule has 0 bridgehead atoms. The maximum Gasteiger partial charge on any atom is 0.331 e. The van der Waals surface area contributed by atoms with E-state index in [9.17, 15) is 4.79 Å². The van der Waals surface area contributed by atoms with Gasteiger partial charge in [-0.15, -0.1) is 6.42 Å². The lowest BCUT2D eigenvalue weighted by atomic mass is 9.85. The Hall–Kier alpha value is -0.880. The number of ether oxygens (including phenoxy) is 1. The number of hydrogen-bond donors (Lipinski definition) is 0. The van der Waals surface area contributed by atoms with Gasteiger partial charge in [0.25, 0.3) is 0 Å². The molecule has 0 saturated heterocycles. The van der Waals surface area contributed by atoms with Gasteiger partial charge in [0.1, 0.15) is 0 Å². The van der Waals surface area contributed by atoms with E-state index in [1.807, 2.05) is 11.8 Å². The average Bonchev–Trinajstić information content (AvgIpc) is 2.30. The fourth-order valence-corrected chi connectivity index (χ4v) is 2.51. The summed E-state index contributed by atoms with van der Waals surface area (Å²) in [5.74, 6) is 2.21. The van der Waals surface area contributed by atoms with Crippen LogP contribution in [0, 0.1) is 12.3 Å². The Labute approximate surface area is 95.5 Å². The van der Waals surface area contributed by atoms with E-state index in [-0.39, 0.29) is 0 Å². The summed E-state index contributed by atoms with van der Waals surface area (Å²) in [7, 11) is 0. The third kappa shape index (κ3) is 3.04. The molecular weight excluding hydrogens is 208 g/mol. The fraction of sp³-hybridized carbons (Fsp3) is 0.583. The predicted octanol–water partition coefficient (Wildman–Crippen LogP) is 2.39. The topological polar surface area (TPSA) is 26.3 Å². The molecule has 0 unspecified atom stereocenters.